The quantitative estimate of drug-likeness (QED) is 0.797. The molecule has 2 nitrogen and oxygen atoms in total. The second-order valence-electron chi connectivity index (χ2n) is 4.63. The summed E-state index contributed by atoms with van der Waals surface area (Å²) in [4.78, 5) is 4.47. The molecule has 0 saturated carbocycles. The number of nitrogens with zero attached hydrogens (tertiary/aromatic N) is 1. The Morgan fingerprint density at radius 2 is 2.19 bits per heavy atom. The van der Waals surface area contributed by atoms with Crippen molar-refractivity contribution in [2.45, 2.75) is 46.1 Å². The van der Waals surface area contributed by atoms with E-state index in [0.29, 0.717) is 12.0 Å². The van der Waals surface area contributed by atoms with Crippen LogP contribution in [0.4, 0.5) is 0 Å². The van der Waals surface area contributed by atoms with Gasteiger partial charge in [-0.2, -0.15) is 0 Å². The molecule has 2 unspecified atom stereocenters. The molecule has 0 radical (unpaired) electrons. The van der Waals surface area contributed by atoms with Gasteiger partial charge in [-0.15, -0.1) is 0 Å². The van der Waals surface area contributed by atoms with Crippen LogP contribution in [0.2, 0.25) is 0 Å². The molecule has 0 aromatic carbocycles. The van der Waals surface area contributed by atoms with Crippen molar-refractivity contribution >= 4 is 0 Å². The maximum absolute atomic E-state index is 4.47. The summed E-state index contributed by atoms with van der Waals surface area (Å²) in [5, 5.41) is 3.42. The van der Waals surface area contributed by atoms with Crippen LogP contribution in [0.25, 0.3) is 0 Å². The molecule has 1 heterocycles. The van der Waals surface area contributed by atoms with Crippen molar-refractivity contribution in [3.8, 4) is 0 Å². The molecule has 2 atom stereocenters. The van der Waals surface area contributed by atoms with Gasteiger partial charge in [0.25, 0.3) is 0 Å². The van der Waals surface area contributed by atoms with Crippen LogP contribution in [0.15, 0.2) is 18.3 Å². The molecule has 0 fully saturated rings. The van der Waals surface area contributed by atoms with Crippen LogP contribution in [-0.2, 0) is 6.42 Å². The number of hydrogen-bond acceptors (Lipinski definition) is 2. The Kier molecular flexibility index (Phi) is 5.47. The Bertz CT molecular complexity index is 309. The zero-order chi connectivity index (χ0) is 12.0. The van der Waals surface area contributed by atoms with Crippen LogP contribution in [-0.4, -0.2) is 18.1 Å². The summed E-state index contributed by atoms with van der Waals surface area (Å²) in [6.07, 6.45) is 5.45. The van der Waals surface area contributed by atoms with Crippen molar-refractivity contribution in [1.29, 1.82) is 0 Å². The topological polar surface area (TPSA) is 24.9 Å². The summed E-state index contributed by atoms with van der Waals surface area (Å²) in [5.74, 6) is 0.705. The van der Waals surface area contributed by atoms with E-state index in [1.165, 1.54) is 24.1 Å². The Morgan fingerprint density at radius 3 is 2.75 bits per heavy atom. The molecule has 16 heavy (non-hydrogen) atoms. The SMILES string of the molecule is CCCC(C)C(Cc1ncccc1C)NC. The highest BCUT2D eigenvalue weighted by Gasteiger charge is 2.16. The highest BCUT2D eigenvalue weighted by Crippen LogP contribution is 2.15. The third-order valence-corrected chi connectivity index (χ3v) is 3.33. The fourth-order valence-electron chi connectivity index (χ4n) is 2.18. The molecule has 0 amide bonds. The van der Waals surface area contributed by atoms with Gasteiger partial charge in [0.05, 0.1) is 0 Å². The molecule has 90 valence electrons. The largest absolute Gasteiger partial charge is 0.316 e. The molecule has 0 saturated heterocycles. The van der Waals surface area contributed by atoms with E-state index in [9.17, 15) is 0 Å². The van der Waals surface area contributed by atoms with Gasteiger partial charge in [0.15, 0.2) is 0 Å². The Hall–Kier alpha value is -0.890. The van der Waals surface area contributed by atoms with Gasteiger partial charge in [-0.1, -0.05) is 26.3 Å². The molecular weight excluding hydrogens is 196 g/mol. The van der Waals surface area contributed by atoms with E-state index in [-0.39, 0.29) is 0 Å². The van der Waals surface area contributed by atoms with Gasteiger partial charge in [0, 0.05) is 24.4 Å². The molecule has 1 aromatic heterocycles. The molecule has 0 spiro atoms. The van der Waals surface area contributed by atoms with E-state index in [0.717, 1.165) is 6.42 Å². The number of aromatic nitrogens is 1. The predicted molar refractivity (Wildman–Crippen MR) is 69.6 cm³/mol. The van der Waals surface area contributed by atoms with Crippen LogP contribution < -0.4 is 5.32 Å². The van der Waals surface area contributed by atoms with E-state index in [1.54, 1.807) is 0 Å². The summed E-state index contributed by atoms with van der Waals surface area (Å²) in [5.41, 5.74) is 2.52. The predicted octanol–water partition coefficient (Wildman–Crippen LogP) is 2.96. The third kappa shape index (κ3) is 3.60. The number of pyridine rings is 1. The summed E-state index contributed by atoms with van der Waals surface area (Å²) < 4.78 is 0. The summed E-state index contributed by atoms with van der Waals surface area (Å²) in [6, 6.07) is 4.68. The Balaban J connectivity index is 2.66. The minimum absolute atomic E-state index is 0.536. The van der Waals surface area contributed by atoms with Crippen molar-refractivity contribution in [3.63, 3.8) is 0 Å². The minimum Gasteiger partial charge on any atom is -0.316 e. The normalized spacial score (nSPS) is 14.8. The molecule has 0 aliphatic rings. The van der Waals surface area contributed by atoms with Gasteiger partial charge in [0.1, 0.15) is 0 Å². The average molecular weight is 220 g/mol. The molecule has 1 rings (SSSR count). The van der Waals surface area contributed by atoms with Gasteiger partial charge in [-0.05, 0) is 37.9 Å². The summed E-state index contributed by atoms with van der Waals surface area (Å²) in [6.45, 7) is 6.71. The number of hydrogen-bond donors (Lipinski definition) is 1. The maximum Gasteiger partial charge on any atom is 0.0448 e. The van der Waals surface area contributed by atoms with Crippen LogP contribution in [0, 0.1) is 12.8 Å². The summed E-state index contributed by atoms with van der Waals surface area (Å²) in [7, 11) is 2.05. The zero-order valence-electron chi connectivity index (χ0n) is 11.0. The van der Waals surface area contributed by atoms with Gasteiger partial charge in [0.2, 0.25) is 0 Å². The van der Waals surface area contributed by atoms with Crippen LogP contribution in [0.1, 0.15) is 37.9 Å². The van der Waals surface area contributed by atoms with Crippen molar-refractivity contribution in [2.75, 3.05) is 7.05 Å². The number of aryl methyl sites for hydroxylation is 1. The molecule has 0 aliphatic carbocycles. The second-order valence-corrected chi connectivity index (χ2v) is 4.63. The smallest absolute Gasteiger partial charge is 0.0448 e. The molecule has 1 N–H and O–H groups in total. The van der Waals surface area contributed by atoms with E-state index in [1.807, 2.05) is 12.3 Å². The molecular formula is C14H24N2. The average Bonchev–Trinajstić information content (AvgIpc) is 2.28. The number of rotatable bonds is 6. The summed E-state index contributed by atoms with van der Waals surface area (Å²) >= 11 is 0. The number of likely N-dealkylation sites (N-methyl/N-ethyl adjacent to an activating group) is 1. The van der Waals surface area contributed by atoms with E-state index >= 15 is 0 Å². The van der Waals surface area contributed by atoms with Crippen molar-refractivity contribution in [3.05, 3.63) is 29.6 Å². The lowest BCUT2D eigenvalue weighted by molar-refractivity contribution is 0.369. The lowest BCUT2D eigenvalue weighted by atomic mass is 9.92. The van der Waals surface area contributed by atoms with Gasteiger partial charge in [-0.25, -0.2) is 0 Å². The Morgan fingerprint density at radius 1 is 1.44 bits per heavy atom. The van der Waals surface area contributed by atoms with Crippen LogP contribution >= 0.6 is 0 Å². The maximum atomic E-state index is 4.47. The first-order chi connectivity index (χ1) is 7.69. The lowest BCUT2D eigenvalue weighted by Gasteiger charge is -2.23. The lowest BCUT2D eigenvalue weighted by Crippen LogP contribution is -2.34. The highest BCUT2D eigenvalue weighted by atomic mass is 14.9. The van der Waals surface area contributed by atoms with Crippen LogP contribution in [0.3, 0.4) is 0 Å². The van der Waals surface area contributed by atoms with E-state index in [4.69, 9.17) is 0 Å². The second kappa shape index (κ2) is 6.64. The highest BCUT2D eigenvalue weighted by molar-refractivity contribution is 5.18. The first kappa shape index (κ1) is 13.2. The fourth-order valence-corrected chi connectivity index (χ4v) is 2.18. The monoisotopic (exact) mass is 220 g/mol. The fraction of sp³-hybridized carbons (Fsp3) is 0.643. The first-order valence-corrected chi connectivity index (χ1v) is 6.26. The Labute approximate surface area is 99.5 Å². The van der Waals surface area contributed by atoms with Gasteiger partial charge < -0.3 is 5.32 Å². The molecule has 0 aliphatic heterocycles. The number of nitrogens with one attached hydrogen (secondary N) is 1. The van der Waals surface area contributed by atoms with E-state index in [2.05, 4.69) is 44.2 Å². The van der Waals surface area contributed by atoms with Crippen molar-refractivity contribution in [2.24, 2.45) is 5.92 Å². The molecule has 1 aromatic rings. The zero-order valence-corrected chi connectivity index (χ0v) is 11.0. The first-order valence-electron chi connectivity index (χ1n) is 6.26. The molecule has 2 heteroatoms. The molecule has 0 bridgehead atoms. The van der Waals surface area contributed by atoms with Crippen LogP contribution in [0.5, 0.6) is 0 Å². The minimum atomic E-state index is 0.536. The van der Waals surface area contributed by atoms with E-state index < -0.39 is 0 Å². The third-order valence-electron chi connectivity index (χ3n) is 3.33. The standard InChI is InChI=1S/C14H24N2/c1-5-7-11(2)13(15-4)10-14-12(3)8-6-9-16-14/h6,8-9,11,13,15H,5,7,10H2,1-4H3. The van der Waals surface area contributed by atoms with Gasteiger partial charge in [-0.3, -0.25) is 4.98 Å². The van der Waals surface area contributed by atoms with Gasteiger partial charge >= 0.3 is 0 Å². The van der Waals surface area contributed by atoms with Crippen molar-refractivity contribution < 1.29 is 0 Å². The van der Waals surface area contributed by atoms with Crippen molar-refractivity contribution in [1.82, 2.24) is 10.3 Å².